The maximum absolute atomic E-state index is 12.3. The molecule has 1 aromatic rings. The number of ether oxygens (including phenoxy) is 3. The van der Waals surface area contributed by atoms with Crippen molar-refractivity contribution in [2.45, 2.75) is 26.1 Å². The van der Waals surface area contributed by atoms with Crippen LogP contribution in [0.4, 0.5) is 10.5 Å². The molecule has 0 aliphatic carbocycles. The number of anilines is 1. The Bertz CT molecular complexity index is 524. The van der Waals surface area contributed by atoms with Crippen molar-refractivity contribution in [3.05, 3.63) is 18.2 Å². The van der Waals surface area contributed by atoms with E-state index in [0.29, 0.717) is 43.5 Å². The van der Waals surface area contributed by atoms with Crippen LogP contribution >= 0.6 is 0 Å². The zero-order valence-electron chi connectivity index (χ0n) is 12.3. The van der Waals surface area contributed by atoms with Crippen LogP contribution in [0.1, 0.15) is 13.8 Å². The molecule has 0 spiro atoms. The maximum Gasteiger partial charge on any atom is 0.322 e. The average molecular weight is 292 g/mol. The van der Waals surface area contributed by atoms with Gasteiger partial charge >= 0.3 is 6.03 Å². The molecule has 2 aliphatic rings. The molecule has 0 bridgehead atoms. The van der Waals surface area contributed by atoms with Crippen LogP contribution in [0, 0.1) is 0 Å². The van der Waals surface area contributed by atoms with Gasteiger partial charge in [0.05, 0.1) is 12.2 Å². The number of nitrogens with zero attached hydrogens (tertiary/aromatic N) is 1. The summed E-state index contributed by atoms with van der Waals surface area (Å²) < 4.78 is 16.6. The number of rotatable bonds is 1. The number of hydrogen-bond acceptors (Lipinski definition) is 4. The van der Waals surface area contributed by atoms with Crippen molar-refractivity contribution >= 4 is 11.7 Å². The standard InChI is InChI=1S/C15H20N2O4/c1-10-8-17(9-11(2)21-10)15(18)16-12-3-4-13-14(7-12)20-6-5-19-13/h3-4,7,10-11H,5-6,8-9H2,1-2H3,(H,16,18)/t10-,11-/m0/s1. The van der Waals surface area contributed by atoms with Gasteiger partial charge in [-0.25, -0.2) is 4.79 Å². The molecule has 0 radical (unpaired) electrons. The van der Waals surface area contributed by atoms with Crippen molar-refractivity contribution in [3.63, 3.8) is 0 Å². The third kappa shape index (κ3) is 3.21. The van der Waals surface area contributed by atoms with Crippen LogP contribution in [0.5, 0.6) is 11.5 Å². The number of benzene rings is 1. The van der Waals surface area contributed by atoms with Gasteiger partial charge in [-0.3, -0.25) is 0 Å². The van der Waals surface area contributed by atoms with Crippen LogP contribution in [-0.4, -0.2) is 49.4 Å². The molecule has 114 valence electrons. The van der Waals surface area contributed by atoms with E-state index in [1.807, 2.05) is 26.0 Å². The van der Waals surface area contributed by atoms with Crippen LogP contribution in [0.3, 0.4) is 0 Å². The minimum Gasteiger partial charge on any atom is -0.486 e. The molecule has 0 aromatic heterocycles. The molecule has 0 unspecified atom stereocenters. The van der Waals surface area contributed by atoms with Gasteiger partial charge in [-0.2, -0.15) is 0 Å². The van der Waals surface area contributed by atoms with E-state index in [1.54, 1.807) is 11.0 Å². The highest BCUT2D eigenvalue weighted by Crippen LogP contribution is 2.32. The molecule has 3 rings (SSSR count). The lowest BCUT2D eigenvalue weighted by Crippen LogP contribution is -2.49. The first-order valence-corrected chi connectivity index (χ1v) is 7.23. The van der Waals surface area contributed by atoms with E-state index in [9.17, 15) is 4.79 Å². The third-order valence-electron chi connectivity index (χ3n) is 3.50. The van der Waals surface area contributed by atoms with Crippen molar-refractivity contribution in [2.24, 2.45) is 0 Å². The lowest BCUT2D eigenvalue weighted by atomic mass is 10.2. The first-order valence-electron chi connectivity index (χ1n) is 7.23. The Morgan fingerprint density at radius 1 is 1.14 bits per heavy atom. The van der Waals surface area contributed by atoms with E-state index < -0.39 is 0 Å². The van der Waals surface area contributed by atoms with Gasteiger partial charge in [-0.15, -0.1) is 0 Å². The fourth-order valence-electron chi connectivity index (χ4n) is 2.67. The number of carbonyl (C=O) groups is 1. The monoisotopic (exact) mass is 292 g/mol. The highest BCUT2D eigenvalue weighted by molar-refractivity contribution is 5.89. The second-order valence-corrected chi connectivity index (χ2v) is 5.45. The zero-order chi connectivity index (χ0) is 14.8. The summed E-state index contributed by atoms with van der Waals surface area (Å²) in [4.78, 5) is 14.1. The lowest BCUT2D eigenvalue weighted by molar-refractivity contribution is -0.0530. The Morgan fingerprint density at radius 3 is 2.52 bits per heavy atom. The molecule has 0 saturated carbocycles. The summed E-state index contributed by atoms with van der Waals surface area (Å²) in [7, 11) is 0. The summed E-state index contributed by atoms with van der Waals surface area (Å²) in [5.74, 6) is 1.38. The smallest absolute Gasteiger partial charge is 0.322 e. The van der Waals surface area contributed by atoms with Crippen molar-refractivity contribution in [3.8, 4) is 11.5 Å². The van der Waals surface area contributed by atoms with E-state index >= 15 is 0 Å². The summed E-state index contributed by atoms with van der Waals surface area (Å²) in [6.45, 7) is 6.23. The highest BCUT2D eigenvalue weighted by atomic mass is 16.6. The third-order valence-corrected chi connectivity index (χ3v) is 3.50. The summed E-state index contributed by atoms with van der Waals surface area (Å²) in [5.41, 5.74) is 0.705. The van der Waals surface area contributed by atoms with Crippen LogP contribution in [0.15, 0.2) is 18.2 Å². The van der Waals surface area contributed by atoms with Crippen LogP contribution in [0.2, 0.25) is 0 Å². The molecule has 2 heterocycles. The first-order chi connectivity index (χ1) is 10.1. The van der Waals surface area contributed by atoms with Crippen molar-refractivity contribution in [1.82, 2.24) is 4.90 Å². The molecule has 2 atom stereocenters. The fraction of sp³-hybridized carbons (Fsp3) is 0.533. The van der Waals surface area contributed by atoms with Gasteiger partial charge in [-0.05, 0) is 26.0 Å². The first kappa shape index (κ1) is 14.0. The molecule has 1 N–H and O–H groups in total. The fourth-order valence-corrected chi connectivity index (χ4v) is 2.67. The minimum absolute atomic E-state index is 0.0553. The molecule has 1 saturated heterocycles. The molecule has 2 amide bonds. The molecular formula is C15H20N2O4. The minimum atomic E-state index is -0.117. The quantitative estimate of drug-likeness (QED) is 0.861. The second kappa shape index (κ2) is 5.81. The topological polar surface area (TPSA) is 60.0 Å². The Morgan fingerprint density at radius 2 is 1.81 bits per heavy atom. The van der Waals surface area contributed by atoms with Gasteiger partial charge in [-0.1, -0.05) is 0 Å². The van der Waals surface area contributed by atoms with Crippen LogP contribution < -0.4 is 14.8 Å². The van der Waals surface area contributed by atoms with Crippen LogP contribution in [-0.2, 0) is 4.74 Å². The number of morpholine rings is 1. The predicted octanol–water partition coefficient (Wildman–Crippen LogP) is 2.10. The number of urea groups is 1. The highest BCUT2D eigenvalue weighted by Gasteiger charge is 2.26. The lowest BCUT2D eigenvalue weighted by Gasteiger charge is -2.35. The van der Waals surface area contributed by atoms with E-state index in [0.717, 1.165) is 0 Å². The Labute approximate surface area is 124 Å². The Hall–Kier alpha value is -1.95. The summed E-state index contributed by atoms with van der Waals surface area (Å²) >= 11 is 0. The molecule has 1 fully saturated rings. The molecule has 6 nitrogen and oxygen atoms in total. The SMILES string of the molecule is C[C@H]1CN(C(=O)Nc2ccc3c(c2)OCCO3)C[C@H](C)O1. The molecule has 21 heavy (non-hydrogen) atoms. The van der Waals surface area contributed by atoms with Gasteiger partial charge in [0.2, 0.25) is 0 Å². The summed E-state index contributed by atoms with van der Waals surface area (Å²) in [6.07, 6.45) is 0.111. The number of carbonyl (C=O) groups excluding carboxylic acids is 1. The van der Waals surface area contributed by atoms with Gasteiger partial charge in [0.15, 0.2) is 11.5 Å². The van der Waals surface area contributed by atoms with Crippen molar-refractivity contribution in [2.75, 3.05) is 31.6 Å². The van der Waals surface area contributed by atoms with E-state index in [1.165, 1.54) is 0 Å². The molecule has 2 aliphatic heterocycles. The number of fused-ring (bicyclic) bond motifs is 1. The summed E-state index contributed by atoms with van der Waals surface area (Å²) in [6, 6.07) is 5.31. The van der Waals surface area contributed by atoms with Crippen molar-refractivity contribution in [1.29, 1.82) is 0 Å². The molecular weight excluding hydrogens is 272 g/mol. The largest absolute Gasteiger partial charge is 0.486 e. The molecule has 1 aromatic carbocycles. The number of amides is 2. The number of hydrogen-bond donors (Lipinski definition) is 1. The van der Waals surface area contributed by atoms with E-state index in [4.69, 9.17) is 14.2 Å². The van der Waals surface area contributed by atoms with Gasteiger partial charge in [0, 0.05) is 24.8 Å². The average Bonchev–Trinajstić information content (AvgIpc) is 2.46. The van der Waals surface area contributed by atoms with Crippen LogP contribution in [0.25, 0.3) is 0 Å². The van der Waals surface area contributed by atoms with Gasteiger partial charge < -0.3 is 24.4 Å². The Kier molecular flexibility index (Phi) is 3.88. The predicted molar refractivity (Wildman–Crippen MR) is 78.0 cm³/mol. The van der Waals surface area contributed by atoms with Crippen molar-refractivity contribution < 1.29 is 19.0 Å². The van der Waals surface area contributed by atoms with E-state index in [2.05, 4.69) is 5.32 Å². The maximum atomic E-state index is 12.3. The number of nitrogens with one attached hydrogen (secondary N) is 1. The van der Waals surface area contributed by atoms with Gasteiger partial charge in [0.25, 0.3) is 0 Å². The van der Waals surface area contributed by atoms with Gasteiger partial charge in [0.1, 0.15) is 13.2 Å². The molecule has 6 heteroatoms. The second-order valence-electron chi connectivity index (χ2n) is 5.45. The van der Waals surface area contributed by atoms with E-state index in [-0.39, 0.29) is 18.2 Å². The summed E-state index contributed by atoms with van der Waals surface area (Å²) in [5, 5.41) is 2.90. The zero-order valence-corrected chi connectivity index (χ0v) is 12.3. The Balaban J connectivity index is 1.67. The normalized spacial score (nSPS) is 24.6.